The van der Waals surface area contributed by atoms with Gasteiger partial charge in [0, 0.05) is 58.1 Å². The molecule has 2 amide bonds. The van der Waals surface area contributed by atoms with Crippen molar-refractivity contribution in [1.82, 2.24) is 25.1 Å². The Morgan fingerprint density at radius 2 is 1.84 bits per heavy atom. The third-order valence-electron chi connectivity index (χ3n) is 14.5. The zero-order valence-corrected chi connectivity index (χ0v) is 36.8. The standard InChI is InChI=1S/C50H53FN6O4S/c1-26(2)45(54-50(59)60-5)48(58)56-21-7-10-39(56)35-9-6-8-34(52-35)30-13-16-32-41(25-30)61-49(43-20-19-42(62-43)28-11-12-28)57-38-18-14-29(23-33(38)44(51)47(32)57)36-22-27(3)46(53-36)40-24-31-15-17-37(31)55(40)4/h6,8-9,13-14,16,18-20,22-23,25-26,28,31,35,37,39,45,49,52H,7,10-12,15,17,21,24H2,1-5H3,(H,54,59)/p+1. The summed E-state index contributed by atoms with van der Waals surface area (Å²) in [6.07, 6.45) is 12.8. The number of aromatic nitrogens is 2. The van der Waals surface area contributed by atoms with Crippen LogP contribution < -0.4 is 15.4 Å². The molecule has 4 aliphatic heterocycles. The van der Waals surface area contributed by atoms with Gasteiger partial charge in [0.05, 0.1) is 35.3 Å². The van der Waals surface area contributed by atoms with Crippen LogP contribution in [0.1, 0.15) is 97.5 Å². The molecule has 2 aliphatic carbocycles. The van der Waals surface area contributed by atoms with Crippen molar-refractivity contribution >= 4 is 45.6 Å². The third-order valence-corrected chi connectivity index (χ3v) is 15.8. The quantitative estimate of drug-likeness (QED) is 0.128. The Morgan fingerprint density at radius 3 is 2.58 bits per heavy atom. The van der Waals surface area contributed by atoms with Crippen molar-refractivity contribution in [2.75, 3.05) is 20.7 Å². The van der Waals surface area contributed by atoms with Crippen molar-refractivity contribution in [3.63, 3.8) is 0 Å². The maximum Gasteiger partial charge on any atom is 0.407 e. The number of likely N-dealkylation sites (tertiary alicyclic amines) is 1. The number of fused-ring (bicyclic) bond motifs is 6. The molecule has 2 saturated carbocycles. The van der Waals surface area contributed by atoms with Gasteiger partial charge >= 0.3 is 6.09 Å². The van der Waals surface area contributed by atoms with Crippen LogP contribution in [0.2, 0.25) is 0 Å². The molecule has 6 atom stereocenters. The van der Waals surface area contributed by atoms with E-state index in [1.807, 2.05) is 55.2 Å². The number of dihydropyridines is 1. The first-order valence-corrected chi connectivity index (χ1v) is 23.2. The number of thiophene rings is 1. The number of carbonyl (C=O) groups is 2. The second kappa shape index (κ2) is 15.0. The van der Waals surface area contributed by atoms with Gasteiger partial charge in [0.15, 0.2) is 11.9 Å². The van der Waals surface area contributed by atoms with E-state index in [4.69, 9.17) is 9.47 Å². The molecule has 11 rings (SSSR count). The minimum atomic E-state index is -0.689. The van der Waals surface area contributed by atoms with Crippen molar-refractivity contribution in [2.24, 2.45) is 11.8 Å². The molecule has 0 radical (unpaired) electrons. The van der Waals surface area contributed by atoms with Crippen LogP contribution in [0.25, 0.3) is 39.1 Å². The molecule has 320 valence electrons. The second-order valence-corrected chi connectivity index (χ2v) is 19.7. The third kappa shape index (κ3) is 6.42. The molecule has 2 aromatic carbocycles. The van der Waals surface area contributed by atoms with E-state index in [2.05, 4.69) is 75.1 Å². The molecule has 1 saturated heterocycles. The van der Waals surface area contributed by atoms with E-state index in [0.717, 1.165) is 58.1 Å². The molecule has 6 unspecified atom stereocenters. The van der Waals surface area contributed by atoms with Gasteiger partial charge in [-0.3, -0.25) is 9.36 Å². The zero-order chi connectivity index (χ0) is 42.6. The largest absolute Gasteiger partial charge is 0.464 e. The van der Waals surface area contributed by atoms with Gasteiger partial charge in [-0.25, -0.2) is 13.8 Å². The number of alkyl carbamates (subject to hydrolysis) is 1. The van der Waals surface area contributed by atoms with Crippen molar-refractivity contribution < 1.29 is 28.0 Å². The van der Waals surface area contributed by atoms with E-state index in [0.29, 0.717) is 40.9 Å². The molecule has 10 nitrogen and oxygen atoms in total. The molecule has 12 heteroatoms. The lowest BCUT2D eigenvalue weighted by Crippen LogP contribution is -2.56. The Balaban J connectivity index is 0.926. The number of halogens is 1. The van der Waals surface area contributed by atoms with E-state index in [1.165, 1.54) is 54.6 Å². The summed E-state index contributed by atoms with van der Waals surface area (Å²) in [6, 6.07) is 18.5. The smallest absolute Gasteiger partial charge is 0.407 e. The summed E-state index contributed by atoms with van der Waals surface area (Å²) in [5, 5.41) is 7.05. The number of rotatable bonds is 9. The van der Waals surface area contributed by atoms with E-state index in [-0.39, 0.29) is 29.7 Å². The lowest BCUT2D eigenvalue weighted by Gasteiger charge is -2.36. The van der Waals surface area contributed by atoms with Gasteiger partial charge in [-0.1, -0.05) is 38.1 Å². The summed E-state index contributed by atoms with van der Waals surface area (Å²) < 4.78 is 33.8. The number of nitrogens with zero attached hydrogens (tertiary/aromatic N) is 3. The Hall–Kier alpha value is -5.62. The second-order valence-electron chi connectivity index (χ2n) is 18.6. The number of nitrogens with one attached hydrogen (secondary N) is 3. The summed E-state index contributed by atoms with van der Waals surface area (Å²) in [5.74, 6) is 1.51. The number of aryl methyl sites for hydroxylation is 1. The number of methoxy groups -OCH3 is 1. The van der Waals surface area contributed by atoms with Gasteiger partial charge < -0.3 is 30.0 Å². The average molecular weight is 854 g/mol. The van der Waals surface area contributed by atoms with Crippen LogP contribution in [-0.4, -0.2) is 81.6 Å². The molecule has 3 fully saturated rings. The zero-order valence-electron chi connectivity index (χ0n) is 36.0. The first-order valence-electron chi connectivity index (χ1n) is 22.4. The van der Waals surface area contributed by atoms with Gasteiger partial charge in [0.25, 0.3) is 0 Å². The summed E-state index contributed by atoms with van der Waals surface area (Å²) in [6.45, 7) is 6.64. The predicted molar refractivity (Wildman–Crippen MR) is 241 cm³/mol. The first kappa shape index (κ1) is 39.2. The van der Waals surface area contributed by atoms with Crippen molar-refractivity contribution in [3.05, 3.63) is 105 Å². The maximum absolute atomic E-state index is 17.4. The van der Waals surface area contributed by atoms with Crippen molar-refractivity contribution in [3.8, 4) is 28.3 Å². The normalized spacial score (nSPS) is 24.3. The van der Waals surface area contributed by atoms with E-state index in [1.54, 1.807) is 11.3 Å². The van der Waals surface area contributed by atoms with Crippen LogP contribution >= 0.6 is 11.3 Å². The number of ether oxygens (including phenoxy) is 2. The van der Waals surface area contributed by atoms with Crippen LogP contribution in [0.5, 0.6) is 5.75 Å². The number of amides is 2. The predicted octanol–water partition coefficient (Wildman–Crippen LogP) is 9.48. The molecule has 0 spiro atoms. The van der Waals surface area contributed by atoms with Crippen LogP contribution in [0.3, 0.4) is 0 Å². The Morgan fingerprint density at radius 1 is 1.02 bits per heavy atom. The highest BCUT2D eigenvalue weighted by Gasteiger charge is 2.47. The average Bonchev–Trinajstić information content (AvgIpc) is 3.58. The van der Waals surface area contributed by atoms with Gasteiger partial charge in [-0.05, 0) is 111 Å². The highest BCUT2D eigenvalue weighted by molar-refractivity contribution is 7.12. The molecule has 7 heterocycles. The molecule has 5 aromatic rings. The fourth-order valence-electron chi connectivity index (χ4n) is 10.8. The van der Waals surface area contributed by atoms with Crippen molar-refractivity contribution in [2.45, 2.75) is 102 Å². The Labute approximate surface area is 365 Å². The van der Waals surface area contributed by atoms with Crippen LogP contribution in [-0.2, 0) is 9.53 Å². The number of hydrogen-bond donors (Lipinski definition) is 3. The molecule has 3 N–H and O–H groups in total. The Kier molecular flexibility index (Phi) is 9.51. The molecular weight excluding hydrogens is 800 g/mol. The first-order chi connectivity index (χ1) is 30.1. The number of benzene rings is 2. The maximum atomic E-state index is 17.4. The van der Waals surface area contributed by atoms with E-state index < -0.39 is 18.4 Å². The monoisotopic (exact) mass is 853 g/mol. The van der Waals surface area contributed by atoms with Gasteiger partial charge in [-0.15, -0.1) is 11.3 Å². The lowest BCUT2D eigenvalue weighted by molar-refractivity contribution is -0.548. The van der Waals surface area contributed by atoms with Gasteiger partial charge in [-0.2, -0.15) is 0 Å². The fourth-order valence-corrected chi connectivity index (χ4v) is 12.0. The lowest BCUT2D eigenvalue weighted by atomic mass is 9.79. The number of aromatic amines is 1. The van der Waals surface area contributed by atoms with E-state index >= 15 is 4.39 Å². The number of H-pyrrole nitrogens is 1. The molecule has 62 heavy (non-hydrogen) atoms. The SMILES string of the molecule is COC(=O)NC(C(=O)N1CCCC1C1C=CC=C(c2ccc3c(c2)OC(c2ccc(C4CC4)s2)n2c-3c(F)c3cc(-c4cc(C)c(C5=[N+](C)C6CCC6C5)[nH]4)ccc32)N1)C(C)C. The van der Waals surface area contributed by atoms with Gasteiger partial charge in [0.2, 0.25) is 17.8 Å². The van der Waals surface area contributed by atoms with Crippen LogP contribution in [0, 0.1) is 24.6 Å². The fraction of sp³-hybridized carbons (Fsp3) is 0.420. The Bertz CT molecular complexity index is 2750. The molecule has 0 bridgehead atoms. The summed E-state index contributed by atoms with van der Waals surface area (Å²) >= 11 is 1.77. The van der Waals surface area contributed by atoms with Crippen molar-refractivity contribution in [1.29, 1.82) is 0 Å². The summed E-state index contributed by atoms with van der Waals surface area (Å²) in [4.78, 5) is 34.1. The van der Waals surface area contributed by atoms with Crippen LogP contribution in [0.15, 0.2) is 72.8 Å². The summed E-state index contributed by atoms with van der Waals surface area (Å²) in [7, 11) is 3.54. The van der Waals surface area contributed by atoms with E-state index in [9.17, 15) is 9.59 Å². The molecule has 3 aromatic heterocycles. The number of allylic oxidation sites excluding steroid dienone is 2. The minimum Gasteiger partial charge on any atom is -0.464 e. The molecule has 6 aliphatic rings. The highest BCUT2D eigenvalue weighted by Crippen LogP contribution is 2.50. The highest BCUT2D eigenvalue weighted by atomic mass is 32.1. The topological polar surface area (TPSA) is 104 Å². The molecular formula is C50H54FN6O4S+. The minimum absolute atomic E-state index is 0.102. The number of carbonyl (C=O) groups excluding carboxylic acids is 2. The summed E-state index contributed by atoms with van der Waals surface area (Å²) in [5.41, 5.74) is 9.60. The number of hydrogen-bond acceptors (Lipinski definition) is 6. The van der Waals surface area contributed by atoms with Gasteiger partial charge in [0.1, 0.15) is 24.5 Å². The van der Waals surface area contributed by atoms with Crippen LogP contribution in [0.4, 0.5) is 9.18 Å².